The lowest BCUT2D eigenvalue weighted by molar-refractivity contribution is 0.332. The Morgan fingerprint density at radius 3 is 2.63 bits per heavy atom. The number of nitrogens with two attached hydrogens (primary N) is 1. The maximum atomic E-state index is 5.90. The standard InChI is InChI=1S/C17H22N2/c18-12-15-7-3-4-8-17(15)19-16-10-9-13-5-1-2-6-14(13)11-16/h1-2,5-6,9-11,15,17,19H,3-4,7-8,12,18H2. The molecule has 1 aliphatic rings. The largest absolute Gasteiger partial charge is 0.382 e. The van der Waals surface area contributed by atoms with Gasteiger partial charge in [0.25, 0.3) is 0 Å². The second-order valence-electron chi connectivity index (χ2n) is 5.59. The molecule has 2 nitrogen and oxygen atoms in total. The summed E-state index contributed by atoms with van der Waals surface area (Å²) < 4.78 is 0. The van der Waals surface area contributed by atoms with Gasteiger partial charge in [0.05, 0.1) is 0 Å². The number of hydrogen-bond donors (Lipinski definition) is 2. The van der Waals surface area contributed by atoms with E-state index in [2.05, 4.69) is 47.8 Å². The summed E-state index contributed by atoms with van der Waals surface area (Å²) in [5.74, 6) is 0.625. The Balaban J connectivity index is 1.80. The highest BCUT2D eigenvalue weighted by molar-refractivity contribution is 5.85. The van der Waals surface area contributed by atoms with E-state index < -0.39 is 0 Å². The first-order chi connectivity index (χ1) is 9.36. The van der Waals surface area contributed by atoms with E-state index >= 15 is 0 Å². The Morgan fingerprint density at radius 1 is 1.00 bits per heavy atom. The summed E-state index contributed by atoms with van der Waals surface area (Å²) in [4.78, 5) is 0. The van der Waals surface area contributed by atoms with Crippen LogP contribution in [-0.4, -0.2) is 12.6 Å². The molecular formula is C17H22N2. The minimum absolute atomic E-state index is 0.542. The van der Waals surface area contributed by atoms with Gasteiger partial charge in [-0.05, 0) is 48.2 Å². The Bertz CT molecular complexity index is 550. The van der Waals surface area contributed by atoms with Crippen LogP contribution < -0.4 is 11.1 Å². The zero-order valence-electron chi connectivity index (χ0n) is 11.3. The zero-order valence-corrected chi connectivity index (χ0v) is 11.3. The Labute approximate surface area is 115 Å². The third kappa shape index (κ3) is 2.74. The molecule has 100 valence electrons. The molecule has 2 aromatic rings. The predicted octanol–water partition coefficient (Wildman–Crippen LogP) is 3.77. The summed E-state index contributed by atoms with van der Waals surface area (Å²) in [6.45, 7) is 0.797. The molecule has 3 N–H and O–H groups in total. The molecule has 0 amide bonds. The van der Waals surface area contributed by atoms with Crippen LogP contribution in [0.2, 0.25) is 0 Å². The molecule has 0 spiro atoms. The van der Waals surface area contributed by atoms with Crippen molar-refractivity contribution >= 4 is 16.5 Å². The van der Waals surface area contributed by atoms with Crippen LogP contribution in [0.3, 0.4) is 0 Å². The van der Waals surface area contributed by atoms with Gasteiger partial charge < -0.3 is 11.1 Å². The number of fused-ring (bicyclic) bond motifs is 1. The maximum Gasteiger partial charge on any atom is 0.0348 e. The monoisotopic (exact) mass is 254 g/mol. The van der Waals surface area contributed by atoms with Crippen molar-refractivity contribution < 1.29 is 0 Å². The van der Waals surface area contributed by atoms with Crippen molar-refractivity contribution in [1.29, 1.82) is 0 Å². The Hall–Kier alpha value is -1.54. The van der Waals surface area contributed by atoms with E-state index in [9.17, 15) is 0 Å². The fourth-order valence-electron chi connectivity index (χ4n) is 3.17. The third-order valence-corrected chi connectivity index (χ3v) is 4.31. The van der Waals surface area contributed by atoms with Gasteiger partial charge in [-0.25, -0.2) is 0 Å². The number of anilines is 1. The summed E-state index contributed by atoms with van der Waals surface area (Å²) >= 11 is 0. The summed E-state index contributed by atoms with van der Waals surface area (Å²) in [5.41, 5.74) is 7.12. The van der Waals surface area contributed by atoms with Crippen LogP contribution in [0.15, 0.2) is 42.5 Å². The molecular weight excluding hydrogens is 232 g/mol. The fourth-order valence-corrected chi connectivity index (χ4v) is 3.17. The first-order valence-electron chi connectivity index (χ1n) is 7.32. The summed E-state index contributed by atoms with van der Waals surface area (Å²) in [5, 5.41) is 6.29. The van der Waals surface area contributed by atoms with Crippen LogP contribution in [0.4, 0.5) is 5.69 Å². The van der Waals surface area contributed by atoms with E-state index in [-0.39, 0.29) is 0 Å². The van der Waals surface area contributed by atoms with Crippen molar-refractivity contribution in [2.45, 2.75) is 31.7 Å². The molecule has 0 bridgehead atoms. The molecule has 19 heavy (non-hydrogen) atoms. The third-order valence-electron chi connectivity index (χ3n) is 4.31. The van der Waals surface area contributed by atoms with Gasteiger partial charge in [-0.3, -0.25) is 0 Å². The molecule has 0 aliphatic heterocycles. The number of benzene rings is 2. The molecule has 2 atom stereocenters. The SMILES string of the molecule is NCC1CCCCC1Nc1ccc2ccccc2c1. The van der Waals surface area contributed by atoms with E-state index in [0.29, 0.717) is 12.0 Å². The van der Waals surface area contributed by atoms with Gasteiger partial charge in [0.2, 0.25) is 0 Å². The second kappa shape index (κ2) is 5.62. The molecule has 0 radical (unpaired) electrons. The van der Waals surface area contributed by atoms with Crippen LogP contribution in [-0.2, 0) is 0 Å². The van der Waals surface area contributed by atoms with E-state index in [1.54, 1.807) is 0 Å². The summed E-state index contributed by atoms with van der Waals surface area (Å²) in [7, 11) is 0. The van der Waals surface area contributed by atoms with E-state index in [1.165, 1.54) is 42.1 Å². The van der Waals surface area contributed by atoms with Gasteiger partial charge in [0.15, 0.2) is 0 Å². The van der Waals surface area contributed by atoms with Gasteiger partial charge >= 0.3 is 0 Å². The average Bonchev–Trinajstić information content (AvgIpc) is 2.48. The number of nitrogens with one attached hydrogen (secondary N) is 1. The van der Waals surface area contributed by atoms with E-state index in [4.69, 9.17) is 5.73 Å². The molecule has 3 rings (SSSR count). The van der Waals surface area contributed by atoms with Crippen LogP contribution in [0.25, 0.3) is 10.8 Å². The molecule has 0 saturated heterocycles. The quantitative estimate of drug-likeness (QED) is 0.875. The molecule has 1 aliphatic carbocycles. The highest BCUT2D eigenvalue weighted by Gasteiger charge is 2.23. The highest BCUT2D eigenvalue weighted by atomic mass is 14.9. The van der Waals surface area contributed by atoms with E-state index in [1.807, 2.05) is 0 Å². The zero-order chi connectivity index (χ0) is 13.1. The van der Waals surface area contributed by atoms with Crippen molar-refractivity contribution in [2.24, 2.45) is 11.7 Å². The summed E-state index contributed by atoms with van der Waals surface area (Å²) in [6, 6.07) is 15.7. The van der Waals surface area contributed by atoms with Crippen LogP contribution in [0.1, 0.15) is 25.7 Å². The molecule has 2 unspecified atom stereocenters. The van der Waals surface area contributed by atoms with Crippen LogP contribution in [0, 0.1) is 5.92 Å². The van der Waals surface area contributed by atoms with Crippen LogP contribution >= 0.6 is 0 Å². The van der Waals surface area contributed by atoms with Gasteiger partial charge in [-0.1, -0.05) is 43.2 Å². The second-order valence-corrected chi connectivity index (χ2v) is 5.59. The lowest BCUT2D eigenvalue weighted by atomic mass is 9.84. The molecule has 2 aromatic carbocycles. The normalized spacial score (nSPS) is 23.4. The van der Waals surface area contributed by atoms with Crippen molar-refractivity contribution in [2.75, 3.05) is 11.9 Å². The highest BCUT2D eigenvalue weighted by Crippen LogP contribution is 2.27. The number of hydrogen-bond acceptors (Lipinski definition) is 2. The van der Waals surface area contributed by atoms with Crippen LogP contribution in [0.5, 0.6) is 0 Å². The average molecular weight is 254 g/mol. The van der Waals surface area contributed by atoms with E-state index in [0.717, 1.165) is 6.54 Å². The molecule has 0 heterocycles. The summed E-state index contributed by atoms with van der Waals surface area (Å²) in [6.07, 6.45) is 5.16. The topological polar surface area (TPSA) is 38.0 Å². The minimum Gasteiger partial charge on any atom is -0.382 e. The fraction of sp³-hybridized carbons (Fsp3) is 0.412. The van der Waals surface area contributed by atoms with Gasteiger partial charge in [-0.2, -0.15) is 0 Å². The maximum absolute atomic E-state index is 5.90. The van der Waals surface area contributed by atoms with Crippen molar-refractivity contribution in [3.63, 3.8) is 0 Å². The Morgan fingerprint density at radius 2 is 1.79 bits per heavy atom. The van der Waals surface area contributed by atoms with Crippen molar-refractivity contribution in [3.8, 4) is 0 Å². The molecule has 0 aromatic heterocycles. The minimum atomic E-state index is 0.542. The molecule has 2 heteroatoms. The first-order valence-corrected chi connectivity index (χ1v) is 7.32. The predicted molar refractivity (Wildman–Crippen MR) is 82.4 cm³/mol. The lowest BCUT2D eigenvalue weighted by Gasteiger charge is -2.32. The van der Waals surface area contributed by atoms with Crippen molar-refractivity contribution in [3.05, 3.63) is 42.5 Å². The van der Waals surface area contributed by atoms with Gasteiger partial charge in [0, 0.05) is 11.7 Å². The smallest absolute Gasteiger partial charge is 0.0348 e. The molecule has 1 fully saturated rings. The first kappa shape index (κ1) is 12.5. The number of rotatable bonds is 3. The Kier molecular flexibility index (Phi) is 3.69. The lowest BCUT2D eigenvalue weighted by Crippen LogP contribution is -2.36. The van der Waals surface area contributed by atoms with Gasteiger partial charge in [0.1, 0.15) is 0 Å². The van der Waals surface area contributed by atoms with Gasteiger partial charge in [-0.15, -0.1) is 0 Å². The van der Waals surface area contributed by atoms with Crippen molar-refractivity contribution in [1.82, 2.24) is 0 Å². The molecule has 1 saturated carbocycles.